The highest BCUT2D eigenvalue weighted by molar-refractivity contribution is 7.89. The minimum absolute atomic E-state index is 0.108. The van der Waals surface area contributed by atoms with Gasteiger partial charge in [0.2, 0.25) is 15.9 Å². The Kier molecular flexibility index (Phi) is 7.14. The van der Waals surface area contributed by atoms with E-state index >= 15 is 0 Å². The third-order valence-electron chi connectivity index (χ3n) is 6.83. The zero-order valence-corrected chi connectivity index (χ0v) is 21.1. The van der Waals surface area contributed by atoms with Crippen molar-refractivity contribution in [2.45, 2.75) is 38.5 Å². The number of hydrogen-bond donors (Lipinski definition) is 0. The van der Waals surface area contributed by atoms with Crippen molar-refractivity contribution in [2.24, 2.45) is 5.92 Å². The van der Waals surface area contributed by atoms with Gasteiger partial charge in [-0.05, 0) is 57.5 Å². The fourth-order valence-electron chi connectivity index (χ4n) is 4.85. The number of carbonyl (C=O) groups is 1. The highest BCUT2D eigenvalue weighted by Crippen LogP contribution is 2.30. The van der Waals surface area contributed by atoms with Crippen LogP contribution in [0.15, 0.2) is 29.2 Å². The molecule has 4 rings (SSSR count). The van der Waals surface area contributed by atoms with Crippen LogP contribution in [0.1, 0.15) is 31.2 Å². The maximum Gasteiger partial charge on any atom is 0.246 e. The number of carbonyl (C=O) groups excluding carboxylic acids is 1. The van der Waals surface area contributed by atoms with Gasteiger partial charge in [0.25, 0.3) is 0 Å². The molecule has 0 unspecified atom stereocenters. The van der Waals surface area contributed by atoms with Gasteiger partial charge in [0.15, 0.2) is 0 Å². The lowest BCUT2D eigenvalue weighted by Crippen LogP contribution is -2.51. The Morgan fingerprint density at radius 3 is 2.21 bits per heavy atom. The number of piperazine rings is 1. The standard InChI is InChI=1S/C23H32ClN5O3S/c1-4-26-13-15-27(16-14-26)23(30)19-9-11-28(12-10-19)33(31,32)22-17(2)25-29(18(22)3)21-7-5-20(24)6-8-21/h5-8,19H,4,9-16H2,1-3H3. The average Bonchev–Trinajstić information content (AvgIpc) is 3.13. The lowest BCUT2D eigenvalue weighted by atomic mass is 9.96. The summed E-state index contributed by atoms with van der Waals surface area (Å²) in [6.45, 7) is 10.7. The summed E-state index contributed by atoms with van der Waals surface area (Å²) in [6.07, 6.45) is 1.10. The molecule has 10 heteroatoms. The van der Waals surface area contributed by atoms with Gasteiger partial charge in [-0.15, -0.1) is 0 Å². The SMILES string of the molecule is CCN1CCN(C(=O)C2CCN(S(=O)(=O)c3c(C)nn(-c4ccc(Cl)cc4)c3C)CC2)CC1. The number of piperidine rings is 1. The van der Waals surface area contributed by atoms with Gasteiger partial charge in [-0.25, -0.2) is 13.1 Å². The molecule has 0 N–H and O–H groups in total. The molecule has 2 saturated heterocycles. The van der Waals surface area contributed by atoms with Crippen molar-refractivity contribution in [1.82, 2.24) is 23.9 Å². The van der Waals surface area contributed by atoms with E-state index in [0.29, 0.717) is 42.3 Å². The smallest absolute Gasteiger partial charge is 0.246 e. The van der Waals surface area contributed by atoms with Gasteiger partial charge < -0.3 is 9.80 Å². The van der Waals surface area contributed by atoms with E-state index in [-0.39, 0.29) is 16.7 Å². The predicted molar refractivity (Wildman–Crippen MR) is 128 cm³/mol. The highest BCUT2D eigenvalue weighted by atomic mass is 35.5. The first kappa shape index (κ1) is 24.2. The minimum atomic E-state index is -3.71. The number of nitrogens with zero attached hydrogens (tertiary/aromatic N) is 5. The van der Waals surface area contributed by atoms with E-state index in [4.69, 9.17) is 11.6 Å². The molecular weight excluding hydrogens is 462 g/mol. The maximum atomic E-state index is 13.5. The van der Waals surface area contributed by atoms with E-state index in [1.807, 2.05) is 17.0 Å². The Morgan fingerprint density at radius 2 is 1.64 bits per heavy atom. The molecule has 3 heterocycles. The third kappa shape index (κ3) is 4.82. The topological polar surface area (TPSA) is 78.8 Å². The van der Waals surface area contributed by atoms with E-state index in [9.17, 15) is 13.2 Å². The lowest BCUT2D eigenvalue weighted by Gasteiger charge is -2.38. The number of aryl methyl sites for hydroxylation is 1. The van der Waals surface area contributed by atoms with Gasteiger partial charge in [0.1, 0.15) is 4.90 Å². The van der Waals surface area contributed by atoms with Crippen LogP contribution in [0, 0.1) is 19.8 Å². The lowest BCUT2D eigenvalue weighted by molar-refractivity contribution is -0.138. The second-order valence-corrected chi connectivity index (χ2v) is 11.1. The quantitative estimate of drug-likeness (QED) is 0.640. The van der Waals surface area contributed by atoms with Crippen LogP contribution < -0.4 is 0 Å². The first-order valence-electron chi connectivity index (χ1n) is 11.6. The van der Waals surface area contributed by atoms with E-state index in [2.05, 4.69) is 16.9 Å². The van der Waals surface area contributed by atoms with Crippen molar-refractivity contribution in [2.75, 3.05) is 45.8 Å². The van der Waals surface area contributed by atoms with Crippen molar-refractivity contribution in [3.05, 3.63) is 40.7 Å². The normalized spacial score (nSPS) is 19.2. The molecule has 1 aromatic heterocycles. The summed E-state index contributed by atoms with van der Waals surface area (Å²) in [5, 5.41) is 5.10. The first-order valence-corrected chi connectivity index (χ1v) is 13.4. The molecule has 0 bridgehead atoms. The fourth-order valence-corrected chi connectivity index (χ4v) is 6.80. The molecule has 2 aliphatic rings. The van der Waals surface area contributed by atoms with Gasteiger partial charge >= 0.3 is 0 Å². The summed E-state index contributed by atoms with van der Waals surface area (Å²) in [4.78, 5) is 17.5. The molecule has 33 heavy (non-hydrogen) atoms. The molecule has 0 aliphatic carbocycles. The van der Waals surface area contributed by atoms with Crippen LogP contribution in [-0.4, -0.2) is 84.0 Å². The van der Waals surface area contributed by atoms with E-state index in [1.165, 1.54) is 4.31 Å². The number of halogens is 1. The average molecular weight is 494 g/mol. The number of benzene rings is 1. The molecule has 2 fully saturated rings. The van der Waals surface area contributed by atoms with E-state index < -0.39 is 10.0 Å². The summed E-state index contributed by atoms with van der Waals surface area (Å²) in [5.41, 5.74) is 1.80. The molecule has 1 aromatic carbocycles. The minimum Gasteiger partial charge on any atom is -0.340 e. The zero-order valence-electron chi connectivity index (χ0n) is 19.5. The Labute approximate surface area is 201 Å². The van der Waals surface area contributed by atoms with Gasteiger partial charge in [-0.1, -0.05) is 18.5 Å². The van der Waals surface area contributed by atoms with Crippen LogP contribution in [0.3, 0.4) is 0 Å². The fraction of sp³-hybridized carbons (Fsp3) is 0.565. The zero-order chi connectivity index (χ0) is 23.8. The molecule has 0 atom stereocenters. The third-order valence-corrected chi connectivity index (χ3v) is 9.23. The summed E-state index contributed by atoms with van der Waals surface area (Å²) in [7, 11) is -3.71. The number of hydrogen-bond acceptors (Lipinski definition) is 5. The number of likely N-dealkylation sites (N-methyl/N-ethyl adjacent to an activating group) is 1. The molecule has 2 aromatic rings. The molecule has 8 nitrogen and oxygen atoms in total. The van der Waals surface area contributed by atoms with Crippen LogP contribution in [0.2, 0.25) is 5.02 Å². The van der Waals surface area contributed by atoms with Crippen LogP contribution in [-0.2, 0) is 14.8 Å². The van der Waals surface area contributed by atoms with E-state index in [1.54, 1.807) is 30.7 Å². The van der Waals surface area contributed by atoms with Crippen molar-refractivity contribution in [1.29, 1.82) is 0 Å². The van der Waals surface area contributed by atoms with Gasteiger partial charge in [0, 0.05) is 50.2 Å². The molecule has 0 saturated carbocycles. The molecule has 180 valence electrons. The van der Waals surface area contributed by atoms with Crippen molar-refractivity contribution >= 4 is 27.5 Å². The summed E-state index contributed by atoms with van der Waals surface area (Å²) < 4.78 is 30.2. The Hall–Kier alpha value is -1.94. The Morgan fingerprint density at radius 1 is 1.03 bits per heavy atom. The second kappa shape index (κ2) is 9.74. The van der Waals surface area contributed by atoms with E-state index in [0.717, 1.165) is 38.4 Å². The summed E-state index contributed by atoms with van der Waals surface area (Å²) >= 11 is 5.98. The van der Waals surface area contributed by atoms with Gasteiger partial charge in [-0.3, -0.25) is 4.79 Å². The molecule has 1 amide bonds. The molecule has 0 radical (unpaired) electrons. The van der Waals surface area contributed by atoms with Crippen molar-refractivity contribution in [3.8, 4) is 5.69 Å². The summed E-state index contributed by atoms with van der Waals surface area (Å²) in [5.74, 6) is 0.0642. The maximum absolute atomic E-state index is 13.5. The van der Waals surface area contributed by atoms with Crippen LogP contribution >= 0.6 is 11.6 Å². The van der Waals surface area contributed by atoms with Gasteiger partial charge in [-0.2, -0.15) is 9.40 Å². The largest absolute Gasteiger partial charge is 0.340 e. The van der Waals surface area contributed by atoms with Crippen LogP contribution in [0.25, 0.3) is 5.69 Å². The molecule has 0 spiro atoms. The monoisotopic (exact) mass is 493 g/mol. The van der Waals surface area contributed by atoms with Gasteiger partial charge in [0.05, 0.1) is 17.1 Å². The van der Waals surface area contributed by atoms with Crippen LogP contribution in [0.4, 0.5) is 0 Å². The second-order valence-electron chi connectivity index (χ2n) is 8.83. The molecule has 2 aliphatic heterocycles. The highest BCUT2D eigenvalue weighted by Gasteiger charge is 2.37. The predicted octanol–water partition coefficient (Wildman–Crippen LogP) is 2.71. The number of sulfonamides is 1. The molecular formula is C23H32ClN5O3S. The summed E-state index contributed by atoms with van der Waals surface area (Å²) in [6, 6.07) is 7.14. The van der Waals surface area contributed by atoms with Crippen molar-refractivity contribution in [3.63, 3.8) is 0 Å². The Balaban J connectivity index is 1.45. The van der Waals surface area contributed by atoms with Crippen LogP contribution in [0.5, 0.6) is 0 Å². The Bertz CT molecular complexity index is 1100. The van der Waals surface area contributed by atoms with Crippen molar-refractivity contribution < 1.29 is 13.2 Å². The number of rotatable bonds is 5. The first-order chi connectivity index (χ1) is 15.7. The number of amides is 1. The number of aromatic nitrogens is 2.